The Kier molecular flexibility index (Phi) is 5.52. The first-order valence-corrected chi connectivity index (χ1v) is 9.92. The monoisotopic (exact) mass is 398 g/mol. The topological polar surface area (TPSA) is 78.0 Å². The van der Waals surface area contributed by atoms with Crippen LogP contribution < -0.4 is 4.90 Å². The molecule has 0 bridgehead atoms. The second-order valence-electron chi connectivity index (χ2n) is 6.31. The normalized spacial score (nSPS) is 14.3. The number of aromatic nitrogens is 4. The largest absolute Gasteiger partial charge is 0.366 e. The van der Waals surface area contributed by atoms with Gasteiger partial charge in [0, 0.05) is 44.1 Å². The minimum Gasteiger partial charge on any atom is -0.366 e. The average molecular weight is 398 g/mol. The molecule has 1 aliphatic heterocycles. The van der Waals surface area contributed by atoms with Gasteiger partial charge in [-0.05, 0) is 24.3 Å². The van der Waals surface area contributed by atoms with Gasteiger partial charge < -0.3 is 9.80 Å². The number of pyridine rings is 1. The van der Waals surface area contributed by atoms with Crippen LogP contribution in [0.15, 0.2) is 53.9 Å². The first-order valence-electron chi connectivity index (χ1n) is 8.93. The molecule has 0 atom stereocenters. The van der Waals surface area contributed by atoms with Gasteiger partial charge in [-0.2, -0.15) is 0 Å². The second-order valence-corrected chi connectivity index (χ2v) is 7.25. The number of hydrogen-bond acceptors (Lipinski definition) is 6. The van der Waals surface area contributed by atoms with E-state index in [1.54, 1.807) is 29.4 Å². The van der Waals surface area contributed by atoms with E-state index < -0.39 is 0 Å². The van der Waals surface area contributed by atoms with E-state index in [4.69, 9.17) is 0 Å². The zero-order chi connectivity index (χ0) is 19.3. The molecule has 1 saturated heterocycles. The Morgan fingerprint density at radius 2 is 1.86 bits per heavy atom. The molecule has 1 amide bonds. The van der Waals surface area contributed by atoms with Crippen molar-refractivity contribution in [3.63, 3.8) is 0 Å². The molecule has 0 saturated carbocycles. The Morgan fingerprint density at radius 1 is 1.11 bits per heavy atom. The standard InChI is InChI=1S/C19H19FN6OS/c20-15-3-1-2-4-16(15)25-9-11-26(12-10-25)17(27)13-28-19-22-18(23-24-19)14-5-7-21-8-6-14/h1-8H,9-13H2,(H,22,23,24). The fraction of sp³-hybridized carbons (Fsp3) is 0.263. The molecule has 3 aromatic rings. The van der Waals surface area contributed by atoms with Gasteiger partial charge in [0.1, 0.15) is 5.82 Å². The van der Waals surface area contributed by atoms with E-state index in [2.05, 4.69) is 20.2 Å². The van der Waals surface area contributed by atoms with E-state index in [-0.39, 0.29) is 17.5 Å². The van der Waals surface area contributed by atoms with Crippen molar-refractivity contribution in [2.75, 3.05) is 36.8 Å². The van der Waals surface area contributed by atoms with E-state index >= 15 is 0 Å². The van der Waals surface area contributed by atoms with Crippen LogP contribution in [0.3, 0.4) is 0 Å². The summed E-state index contributed by atoms with van der Waals surface area (Å²) in [5.41, 5.74) is 1.48. The molecule has 144 valence electrons. The number of rotatable bonds is 5. The SMILES string of the molecule is O=C(CSc1n[nH]c(-c2ccncc2)n1)N1CCN(c2ccccc2F)CC1. The van der Waals surface area contributed by atoms with Crippen molar-refractivity contribution in [3.8, 4) is 11.4 Å². The molecule has 0 aliphatic carbocycles. The Hall–Kier alpha value is -2.94. The van der Waals surface area contributed by atoms with Gasteiger partial charge in [0.25, 0.3) is 0 Å². The molecule has 3 heterocycles. The fourth-order valence-corrected chi connectivity index (χ4v) is 3.77. The number of nitrogens with one attached hydrogen (secondary N) is 1. The van der Waals surface area contributed by atoms with E-state index in [1.807, 2.05) is 23.1 Å². The lowest BCUT2D eigenvalue weighted by atomic mass is 10.2. The number of para-hydroxylation sites is 1. The highest BCUT2D eigenvalue weighted by Gasteiger charge is 2.23. The Labute approximate surface area is 166 Å². The summed E-state index contributed by atoms with van der Waals surface area (Å²) in [7, 11) is 0. The first-order chi connectivity index (χ1) is 13.7. The van der Waals surface area contributed by atoms with Crippen molar-refractivity contribution in [2.24, 2.45) is 0 Å². The Morgan fingerprint density at radius 3 is 2.61 bits per heavy atom. The van der Waals surface area contributed by atoms with Crippen molar-refractivity contribution < 1.29 is 9.18 Å². The van der Waals surface area contributed by atoms with E-state index in [0.29, 0.717) is 42.8 Å². The zero-order valence-electron chi connectivity index (χ0n) is 15.1. The lowest BCUT2D eigenvalue weighted by molar-refractivity contribution is -0.128. The predicted octanol–water partition coefficient (Wildman–Crippen LogP) is 2.45. The number of H-pyrrole nitrogens is 1. The molecule has 0 radical (unpaired) electrons. The smallest absolute Gasteiger partial charge is 0.233 e. The van der Waals surface area contributed by atoms with Crippen LogP contribution in [0, 0.1) is 5.82 Å². The summed E-state index contributed by atoms with van der Waals surface area (Å²) in [5, 5.41) is 7.57. The molecule has 1 aromatic carbocycles. The quantitative estimate of drug-likeness (QED) is 0.665. The molecule has 4 rings (SSSR count). The molecule has 0 unspecified atom stereocenters. The van der Waals surface area contributed by atoms with E-state index in [9.17, 15) is 9.18 Å². The highest BCUT2D eigenvalue weighted by molar-refractivity contribution is 7.99. The number of carbonyl (C=O) groups is 1. The van der Waals surface area contributed by atoms with E-state index in [0.717, 1.165) is 5.56 Å². The van der Waals surface area contributed by atoms with Gasteiger partial charge in [0.2, 0.25) is 11.1 Å². The number of amides is 1. The fourth-order valence-electron chi connectivity index (χ4n) is 3.07. The summed E-state index contributed by atoms with van der Waals surface area (Å²) in [6, 6.07) is 10.4. The highest BCUT2D eigenvalue weighted by atomic mass is 32.2. The average Bonchev–Trinajstić information content (AvgIpc) is 3.22. The lowest BCUT2D eigenvalue weighted by Crippen LogP contribution is -2.49. The number of nitrogens with zero attached hydrogens (tertiary/aromatic N) is 5. The van der Waals surface area contributed by atoms with Crippen molar-refractivity contribution in [2.45, 2.75) is 5.16 Å². The number of piperazine rings is 1. The van der Waals surface area contributed by atoms with Gasteiger partial charge in [-0.1, -0.05) is 23.9 Å². The maximum atomic E-state index is 13.9. The van der Waals surface area contributed by atoms with Crippen molar-refractivity contribution in [3.05, 3.63) is 54.6 Å². The molecule has 28 heavy (non-hydrogen) atoms. The number of benzene rings is 1. The summed E-state index contributed by atoms with van der Waals surface area (Å²) in [6.45, 7) is 2.38. The number of thioether (sulfide) groups is 1. The van der Waals surface area contributed by atoms with Gasteiger partial charge in [-0.3, -0.25) is 14.9 Å². The van der Waals surface area contributed by atoms with Crippen molar-refractivity contribution >= 4 is 23.4 Å². The Balaban J connectivity index is 1.28. The maximum absolute atomic E-state index is 13.9. The lowest BCUT2D eigenvalue weighted by Gasteiger charge is -2.36. The summed E-state index contributed by atoms with van der Waals surface area (Å²) in [5.74, 6) is 0.726. The summed E-state index contributed by atoms with van der Waals surface area (Å²) in [6.07, 6.45) is 3.38. The highest BCUT2D eigenvalue weighted by Crippen LogP contribution is 2.22. The zero-order valence-corrected chi connectivity index (χ0v) is 15.9. The van der Waals surface area contributed by atoms with Crippen molar-refractivity contribution in [1.82, 2.24) is 25.1 Å². The number of carbonyl (C=O) groups excluding carboxylic acids is 1. The molecular weight excluding hydrogens is 379 g/mol. The third-order valence-electron chi connectivity index (χ3n) is 4.57. The van der Waals surface area contributed by atoms with E-state index in [1.165, 1.54) is 17.8 Å². The van der Waals surface area contributed by atoms with Crippen LogP contribution in [0.2, 0.25) is 0 Å². The van der Waals surface area contributed by atoms with Crippen LogP contribution in [0.25, 0.3) is 11.4 Å². The minimum atomic E-state index is -0.229. The van der Waals surface area contributed by atoms with Gasteiger partial charge in [0.15, 0.2) is 5.82 Å². The molecule has 1 fully saturated rings. The van der Waals surface area contributed by atoms with Gasteiger partial charge in [-0.15, -0.1) is 5.10 Å². The van der Waals surface area contributed by atoms with Crippen LogP contribution in [0.1, 0.15) is 0 Å². The van der Waals surface area contributed by atoms with Crippen LogP contribution in [0.5, 0.6) is 0 Å². The van der Waals surface area contributed by atoms with Gasteiger partial charge in [-0.25, -0.2) is 9.37 Å². The number of hydrogen-bond donors (Lipinski definition) is 1. The number of aromatic amines is 1. The predicted molar refractivity (Wildman–Crippen MR) is 106 cm³/mol. The summed E-state index contributed by atoms with van der Waals surface area (Å²) >= 11 is 1.30. The molecule has 1 aliphatic rings. The third kappa shape index (κ3) is 4.14. The van der Waals surface area contributed by atoms with Crippen LogP contribution >= 0.6 is 11.8 Å². The molecular formula is C19H19FN6OS. The first kappa shape index (κ1) is 18.4. The number of halogens is 1. The number of anilines is 1. The van der Waals surface area contributed by atoms with Crippen LogP contribution in [-0.4, -0.2) is 62.9 Å². The molecule has 9 heteroatoms. The summed E-state index contributed by atoms with van der Waals surface area (Å²) in [4.78, 5) is 24.7. The van der Waals surface area contributed by atoms with Crippen molar-refractivity contribution in [1.29, 1.82) is 0 Å². The Bertz CT molecular complexity index is 942. The maximum Gasteiger partial charge on any atom is 0.233 e. The van der Waals surface area contributed by atoms with Gasteiger partial charge >= 0.3 is 0 Å². The van der Waals surface area contributed by atoms with Crippen LogP contribution in [0.4, 0.5) is 10.1 Å². The molecule has 1 N–H and O–H groups in total. The second kappa shape index (κ2) is 8.39. The molecule has 2 aromatic heterocycles. The van der Waals surface area contributed by atoms with Gasteiger partial charge in [0.05, 0.1) is 11.4 Å². The summed E-state index contributed by atoms with van der Waals surface area (Å²) < 4.78 is 13.9. The minimum absolute atomic E-state index is 0.0356. The van der Waals surface area contributed by atoms with Crippen LogP contribution in [-0.2, 0) is 4.79 Å². The molecule has 7 nitrogen and oxygen atoms in total. The third-order valence-corrected chi connectivity index (χ3v) is 5.40. The molecule has 0 spiro atoms.